The molecule has 1 saturated heterocycles. The molecule has 0 aromatic rings. The topological polar surface area (TPSA) is 67.8 Å². The van der Waals surface area contributed by atoms with E-state index < -0.39 is 22.8 Å². The van der Waals surface area contributed by atoms with Crippen LogP contribution in [0.4, 0.5) is 4.79 Å². The molecule has 100 valence electrons. The van der Waals surface area contributed by atoms with Gasteiger partial charge in [-0.25, -0.2) is 4.79 Å². The SMILES string of the molecule is CC(C)(C)OC(=O)NC1(C(C)(C)O)CCOC1. The Morgan fingerprint density at radius 2 is 1.94 bits per heavy atom. The molecule has 1 rings (SSSR count). The average Bonchev–Trinajstić information content (AvgIpc) is 2.48. The number of carbonyl (C=O) groups is 1. The largest absolute Gasteiger partial charge is 0.444 e. The molecule has 17 heavy (non-hydrogen) atoms. The van der Waals surface area contributed by atoms with Crippen LogP contribution in [0.25, 0.3) is 0 Å². The van der Waals surface area contributed by atoms with E-state index in [-0.39, 0.29) is 0 Å². The summed E-state index contributed by atoms with van der Waals surface area (Å²) in [6.07, 6.45) is 0.0561. The zero-order valence-corrected chi connectivity index (χ0v) is 11.3. The molecule has 5 nitrogen and oxygen atoms in total. The first kappa shape index (κ1) is 14.3. The predicted octanol–water partition coefficient (Wildman–Crippen LogP) is 1.44. The lowest BCUT2D eigenvalue weighted by molar-refractivity contribution is -0.0332. The van der Waals surface area contributed by atoms with Crippen molar-refractivity contribution in [3.8, 4) is 0 Å². The fourth-order valence-corrected chi connectivity index (χ4v) is 1.80. The summed E-state index contributed by atoms with van der Waals surface area (Å²) in [5.74, 6) is 0. The van der Waals surface area contributed by atoms with E-state index in [1.807, 2.05) is 0 Å². The second-order valence-electron chi connectivity index (χ2n) is 6.07. The van der Waals surface area contributed by atoms with E-state index in [4.69, 9.17) is 9.47 Å². The molecular formula is C12H23NO4. The van der Waals surface area contributed by atoms with E-state index >= 15 is 0 Å². The van der Waals surface area contributed by atoms with E-state index in [0.717, 1.165) is 0 Å². The van der Waals surface area contributed by atoms with Gasteiger partial charge in [-0.3, -0.25) is 0 Å². The first-order valence-electron chi connectivity index (χ1n) is 5.87. The average molecular weight is 245 g/mol. The van der Waals surface area contributed by atoms with Crippen LogP contribution in [0.15, 0.2) is 0 Å². The van der Waals surface area contributed by atoms with E-state index in [2.05, 4.69) is 5.32 Å². The summed E-state index contributed by atoms with van der Waals surface area (Å²) in [6.45, 7) is 9.56. The van der Waals surface area contributed by atoms with Crippen LogP contribution in [0.3, 0.4) is 0 Å². The van der Waals surface area contributed by atoms with Gasteiger partial charge in [0.1, 0.15) is 5.60 Å². The molecule has 0 bridgehead atoms. The Labute approximate surface area is 102 Å². The molecule has 1 aliphatic rings. The Hall–Kier alpha value is -0.810. The van der Waals surface area contributed by atoms with Crippen LogP contribution < -0.4 is 5.32 Å². The van der Waals surface area contributed by atoms with Gasteiger partial charge in [0.2, 0.25) is 0 Å². The standard InChI is InChI=1S/C12H23NO4/c1-10(2,3)17-9(14)13-12(11(4,5)15)6-7-16-8-12/h15H,6-8H2,1-5H3,(H,13,14). The molecule has 1 heterocycles. The molecule has 0 saturated carbocycles. The molecule has 1 aliphatic heterocycles. The van der Waals surface area contributed by atoms with Crippen LogP contribution in [0.2, 0.25) is 0 Å². The van der Waals surface area contributed by atoms with Gasteiger partial charge in [-0.1, -0.05) is 0 Å². The van der Waals surface area contributed by atoms with Crippen molar-refractivity contribution >= 4 is 6.09 Å². The number of hydrogen-bond donors (Lipinski definition) is 2. The minimum Gasteiger partial charge on any atom is -0.444 e. The van der Waals surface area contributed by atoms with Crippen molar-refractivity contribution in [1.82, 2.24) is 5.32 Å². The Morgan fingerprint density at radius 3 is 2.29 bits per heavy atom. The van der Waals surface area contributed by atoms with Crippen molar-refractivity contribution in [3.05, 3.63) is 0 Å². The van der Waals surface area contributed by atoms with E-state index in [9.17, 15) is 9.90 Å². The van der Waals surface area contributed by atoms with E-state index in [1.165, 1.54) is 0 Å². The van der Waals surface area contributed by atoms with Gasteiger partial charge < -0.3 is 19.9 Å². The molecular weight excluding hydrogens is 222 g/mol. The molecule has 1 unspecified atom stereocenters. The number of rotatable bonds is 2. The van der Waals surface area contributed by atoms with Gasteiger partial charge in [-0.15, -0.1) is 0 Å². The lowest BCUT2D eigenvalue weighted by Gasteiger charge is -2.39. The van der Waals surface area contributed by atoms with Gasteiger partial charge in [-0.2, -0.15) is 0 Å². The zero-order valence-electron chi connectivity index (χ0n) is 11.3. The van der Waals surface area contributed by atoms with Gasteiger partial charge in [0.05, 0.1) is 17.7 Å². The molecule has 0 aromatic carbocycles. The summed E-state index contributed by atoms with van der Waals surface area (Å²) in [5.41, 5.74) is -2.37. The summed E-state index contributed by atoms with van der Waals surface area (Å²) >= 11 is 0. The molecule has 1 fully saturated rings. The first-order chi connectivity index (χ1) is 7.56. The van der Waals surface area contributed by atoms with Gasteiger partial charge in [0.15, 0.2) is 0 Å². The maximum Gasteiger partial charge on any atom is 0.408 e. The van der Waals surface area contributed by atoms with Crippen molar-refractivity contribution < 1.29 is 19.4 Å². The number of amides is 1. The van der Waals surface area contributed by atoms with Crippen molar-refractivity contribution in [3.63, 3.8) is 0 Å². The van der Waals surface area contributed by atoms with Crippen LogP contribution >= 0.6 is 0 Å². The Balaban J connectivity index is 2.72. The highest BCUT2D eigenvalue weighted by Crippen LogP contribution is 2.30. The van der Waals surface area contributed by atoms with Crippen LogP contribution in [0.5, 0.6) is 0 Å². The van der Waals surface area contributed by atoms with Crippen LogP contribution in [0.1, 0.15) is 41.0 Å². The van der Waals surface area contributed by atoms with Crippen molar-refractivity contribution in [2.24, 2.45) is 0 Å². The fraction of sp³-hybridized carbons (Fsp3) is 0.917. The second kappa shape index (κ2) is 4.46. The van der Waals surface area contributed by atoms with Crippen LogP contribution in [0, 0.1) is 0 Å². The third kappa shape index (κ3) is 3.57. The highest BCUT2D eigenvalue weighted by atomic mass is 16.6. The number of aliphatic hydroxyl groups is 1. The zero-order chi connectivity index (χ0) is 13.3. The highest BCUT2D eigenvalue weighted by Gasteiger charge is 2.48. The molecule has 1 atom stereocenters. The number of nitrogens with one attached hydrogen (secondary N) is 1. The molecule has 0 spiro atoms. The van der Waals surface area contributed by atoms with Crippen LogP contribution in [-0.2, 0) is 9.47 Å². The summed E-state index contributed by atoms with van der Waals surface area (Å²) in [4.78, 5) is 11.8. The quantitative estimate of drug-likeness (QED) is 0.772. The third-order valence-electron chi connectivity index (χ3n) is 2.93. The minimum absolute atomic E-state index is 0.301. The summed E-state index contributed by atoms with van der Waals surface area (Å²) < 4.78 is 10.5. The second-order valence-corrected chi connectivity index (χ2v) is 6.07. The van der Waals surface area contributed by atoms with E-state index in [1.54, 1.807) is 34.6 Å². The van der Waals surface area contributed by atoms with Crippen molar-refractivity contribution in [1.29, 1.82) is 0 Å². The van der Waals surface area contributed by atoms with Gasteiger partial charge in [-0.05, 0) is 41.0 Å². The number of alkyl carbamates (subject to hydrolysis) is 1. The van der Waals surface area contributed by atoms with Gasteiger partial charge in [0.25, 0.3) is 0 Å². The Morgan fingerprint density at radius 1 is 1.35 bits per heavy atom. The lowest BCUT2D eigenvalue weighted by atomic mass is 9.81. The molecule has 0 aromatic heterocycles. The van der Waals surface area contributed by atoms with Crippen molar-refractivity contribution in [2.75, 3.05) is 13.2 Å². The number of hydrogen-bond acceptors (Lipinski definition) is 4. The van der Waals surface area contributed by atoms with Gasteiger partial charge >= 0.3 is 6.09 Å². The van der Waals surface area contributed by atoms with Crippen LogP contribution in [-0.4, -0.2) is 41.2 Å². The molecule has 0 aliphatic carbocycles. The normalized spacial score (nSPS) is 25.8. The summed E-state index contributed by atoms with van der Waals surface area (Å²) in [6, 6.07) is 0. The predicted molar refractivity (Wildman–Crippen MR) is 63.8 cm³/mol. The molecule has 2 N–H and O–H groups in total. The number of carbonyl (C=O) groups excluding carboxylic acids is 1. The minimum atomic E-state index is -1.06. The maximum atomic E-state index is 11.8. The molecule has 0 radical (unpaired) electrons. The van der Waals surface area contributed by atoms with Crippen molar-refractivity contribution in [2.45, 2.75) is 57.8 Å². The summed E-state index contributed by atoms with van der Waals surface area (Å²) in [7, 11) is 0. The fourth-order valence-electron chi connectivity index (χ4n) is 1.80. The number of ether oxygens (including phenoxy) is 2. The summed E-state index contributed by atoms with van der Waals surface area (Å²) in [5, 5.41) is 12.9. The lowest BCUT2D eigenvalue weighted by Crippen LogP contribution is -2.63. The third-order valence-corrected chi connectivity index (χ3v) is 2.93. The molecule has 5 heteroatoms. The highest BCUT2D eigenvalue weighted by molar-refractivity contribution is 5.69. The van der Waals surface area contributed by atoms with Gasteiger partial charge in [0, 0.05) is 6.61 Å². The van der Waals surface area contributed by atoms with E-state index in [0.29, 0.717) is 19.6 Å². The monoisotopic (exact) mass is 245 g/mol. The molecule has 1 amide bonds. The Bertz CT molecular complexity index is 282. The maximum absolute atomic E-state index is 11.8. The smallest absolute Gasteiger partial charge is 0.408 e. The Kier molecular flexibility index (Phi) is 3.74. The first-order valence-corrected chi connectivity index (χ1v) is 5.87.